The van der Waals surface area contributed by atoms with Crippen molar-refractivity contribution in [2.75, 3.05) is 32.8 Å². The van der Waals surface area contributed by atoms with E-state index in [2.05, 4.69) is 15.2 Å². The molecule has 1 saturated heterocycles. The largest absolute Gasteiger partial charge is 0.379 e. The quantitative estimate of drug-likeness (QED) is 0.644. The fourth-order valence-electron chi connectivity index (χ4n) is 3.58. The maximum atomic E-state index is 13.3. The van der Waals surface area contributed by atoms with Crippen LogP contribution >= 0.6 is 11.3 Å². The highest BCUT2D eigenvalue weighted by atomic mass is 32.1. The molecule has 7 heteroatoms. The minimum absolute atomic E-state index is 0.00428. The lowest BCUT2D eigenvalue weighted by atomic mass is 10.0. The second kappa shape index (κ2) is 9.43. The van der Waals surface area contributed by atoms with Crippen LogP contribution in [-0.4, -0.2) is 48.6 Å². The van der Waals surface area contributed by atoms with Crippen LogP contribution in [0.1, 0.15) is 23.0 Å². The van der Waals surface area contributed by atoms with Gasteiger partial charge in [-0.3, -0.25) is 9.69 Å². The first-order valence-electron chi connectivity index (χ1n) is 9.87. The minimum Gasteiger partial charge on any atom is -0.379 e. The number of nitrogens with zero attached hydrogens (tertiary/aromatic N) is 2. The number of thiazole rings is 1. The molecule has 1 fully saturated rings. The van der Waals surface area contributed by atoms with Gasteiger partial charge < -0.3 is 10.1 Å². The predicted octanol–water partition coefficient (Wildman–Crippen LogP) is 3.56. The normalized spacial score (nSPS) is 16.0. The van der Waals surface area contributed by atoms with E-state index in [4.69, 9.17) is 4.74 Å². The third kappa shape index (κ3) is 5.18. The Morgan fingerprint density at radius 2 is 1.93 bits per heavy atom. The molecule has 0 saturated carbocycles. The van der Waals surface area contributed by atoms with Gasteiger partial charge in [0.2, 0.25) is 5.91 Å². The molecule has 0 aliphatic carbocycles. The third-order valence-electron chi connectivity index (χ3n) is 5.14. The number of nitrogens with one attached hydrogen (secondary N) is 1. The number of aryl methyl sites for hydroxylation is 1. The Morgan fingerprint density at radius 3 is 2.69 bits per heavy atom. The summed E-state index contributed by atoms with van der Waals surface area (Å²) in [5.74, 6) is -0.251. The second-order valence-electron chi connectivity index (χ2n) is 7.10. The van der Waals surface area contributed by atoms with E-state index in [1.807, 2.05) is 24.3 Å². The zero-order valence-electron chi connectivity index (χ0n) is 16.1. The monoisotopic (exact) mass is 413 g/mol. The van der Waals surface area contributed by atoms with Crippen LogP contribution in [0.4, 0.5) is 4.39 Å². The van der Waals surface area contributed by atoms with Crippen LogP contribution in [0.3, 0.4) is 0 Å². The summed E-state index contributed by atoms with van der Waals surface area (Å²) in [6.45, 7) is 3.42. The van der Waals surface area contributed by atoms with Gasteiger partial charge >= 0.3 is 0 Å². The Labute approximate surface area is 173 Å². The maximum Gasteiger partial charge on any atom is 0.220 e. The van der Waals surface area contributed by atoms with Crippen molar-refractivity contribution in [3.05, 3.63) is 64.9 Å². The van der Waals surface area contributed by atoms with Gasteiger partial charge in [-0.25, -0.2) is 9.37 Å². The highest BCUT2D eigenvalue weighted by Gasteiger charge is 2.23. The van der Waals surface area contributed by atoms with Crippen molar-refractivity contribution in [1.29, 1.82) is 0 Å². The molecule has 0 radical (unpaired) electrons. The molecule has 1 unspecified atom stereocenters. The maximum absolute atomic E-state index is 13.3. The molecule has 2 aromatic carbocycles. The molecule has 0 bridgehead atoms. The van der Waals surface area contributed by atoms with Gasteiger partial charge in [0, 0.05) is 32.5 Å². The SMILES string of the molecule is O=C(CCc1nc2ccccc2s1)NCC(c1ccc(F)cc1)N1CCOCC1. The van der Waals surface area contributed by atoms with E-state index < -0.39 is 0 Å². The Hall–Kier alpha value is -2.35. The van der Waals surface area contributed by atoms with E-state index >= 15 is 0 Å². The van der Waals surface area contributed by atoms with Crippen LogP contribution in [0.2, 0.25) is 0 Å². The van der Waals surface area contributed by atoms with Crippen molar-refractivity contribution < 1.29 is 13.9 Å². The molecular weight excluding hydrogens is 389 g/mol. The van der Waals surface area contributed by atoms with Gasteiger partial charge in [0.25, 0.3) is 0 Å². The van der Waals surface area contributed by atoms with Crippen LogP contribution in [0, 0.1) is 5.82 Å². The molecule has 152 valence electrons. The fourth-order valence-corrected chi connectivity index (χ4v) is 4.54. The number of halogens is 1. The van der Waals surface area contributed by atoms with Gasteiger partial charge in [-0.05, 0) is 29.8 Å². The van der Waals surface area contributed by atoms with Crippen molar-refractivity contribution in [2.45, 2.75) is 18.9 Å². The number of hydrogen-bond acceptors (Lipinski definition) is 5. The number of carbonyl (C=O) groups excluding carboxylic acids is 1. The number of amides is 1. The van der Waals surface area contributed by atoms with Gasteiger partial charge in [0.05, 0.1) is 34.5 Å². The summed E-state index contributed by atoms with van der Waals surface area (Å²) in [4.78, 5) is 19.3. The van der Waals surface area contributed by atoms with E-state index in [9.17, 15) is 9.18 Å². The van der Waals surface area contributed by atoms with Gasteiger partial charge in [-0.15, -0.1) is 11.3 Å². The van der Waals surface area contributed by atoms with E-state index in [0.29, 0.717) is 32.6 Å². The Kier molecular flexibility index (Phi) is 6.49. The second-order valence-corrected chi connectivity index (χ2v) is 8.21. The average molecular weight is 414 g/mol. The number of fused-ring (bicyclic) bond motifs is 1. The van der Waals surface area contributed by atoms with Crippen molar-refractivity contribution in [3.8, 4) is 0 Å². The van der Waals surface area contributed by atoms with Crippen molar-refractivity contribution in [3.63, 3.8) is 0 Å². The molecule has 1 N–H and O–H groups in total. The van der Waals surface area contributed by atoms with Crippen molar-refractivity contribution in [1.82, 2.24) is 15.2 Å². The lowest BCUT2D eigenvalue weighted by Gasteiger charge is -2.35. The molecule has 2 heterocycles. The molecule has 4 rings (SSSR count). The van der Waals surface area contributed by atoms with Gasteiger partial charge in [-0.1, -0.05) is 24.3 Å². The van der Waals surface area contributed by atoms with Crippen LogP contribution in [0.15, 0.2) is 48.5 Å². The zero-order chi connectivity index (χ0) is 20.1. The van der Waals surface area contributed by atoms with Crippen LogP contribution in [0.5, 0.6) is 0 Å². The fraction of sp³-hybridized carbons (Fsp3) is 0.364. The average Bonchev–Trinajstić information content (AvgIpc) is 3.17. The summed E-state index contributed by atoms with van der Waals surface area (Å²) < 4.78 is 19.9. The van der Waals surface area contributed by atoms with Gasteiger partial charge in [-0.2, -0.15) is 0 Å². The van der Waals surface area contributed by atoms with E-state index in [1.54, 1.807) is 23.5 Å². The number of morpholine rings is 1. The molecule has 1 atom stereocenters. The standard InChI is InChI=1S/C22H24FN3O2S/c23-17-7-5-16(6-8-17)19(26-11-13-28-14-12-26)15-24-21(27)9-10-22-25-18-3-1-2-4-20(18)29-22/h1-8,19H,9-15H2,(H,24,27). The van der Waals surface area contributed by atoms with E-state index in [-0.39, 0.29) is 17.8 Å². The predicted molar refractivity (Wildman–Crippen MR) is 112 cm³/mol. The molecule has 1 amide bonds. The molecular formula is C22H24FN3O2S. The number of hydrogen-bond donors (Lipinski definition) is 1. The molecule has 1 aromatic heterocycles. The topological polar surface area (TPSA) is 54.5 Å². The van der Waals surface area contributed by atoms with Crippen LogP contribution in [-0.2, 0) is 16.0 Å². The van der Waals surface area contributed by atoms with Gasteiger partial charge in [0.1, 0.15) is 5.82 Å². The highest BCUT2D eigenvalue weighted by Crippen LogP contribution is 2.23. The molecule has 3 aromatic rings. The summed E-state index contributed by atoms with van der Waals surface area (Å²) in [5.41, 5.74) is 1.98. The first kappa shape index (κ1) is 19.9. The van der Waals surface area contributed by atoms with Crippen molar-refractivity contribution in [2.24, 2.45) is 0 Å². The lowest BCUT2D eigenvalue weighted by Crippen LogP contribution is -2.43. The molecule has 0 spiro atoms. The highest BCUT2D eigenvalue weighted by molar-refractivity contribution is 7.18. The third-order valence-corrected chi connectivity index (χ3v) is 6.23. The van der Waals surface area contributed by atoms with Crippen molar-refractivity contribution >= 4 is 27.5 Å². The van der Waals surface area contributed by atoms with E-state index in [0.717, 1.165) is 33.9 Å². The van der Waals surface area contributed by atoms with Crippen LogP contribution < -0.4 is 5.32 Å². The summed E-state index contributed by atoms with van der Waals surface area (Å²) in [7, 11) is 0. The zero-order valence-corrected chi connectivity index (χ0v) is 17.0. The summed E-state index contributed by atoms with van der Waals surface area (Å²) in [5, 5.41) is 4.04. The summed E-state index contributed by atoms with van der Waals surface area (Å²) in [6, 6.07) is 14.5. The summed E-state index contributed by atoms with van der Waals surface area (Å²) >= 11 is 1.64. The van der Waals surface area contributed by atoms with Crippen LogP contribution in [0.25, 0.3) is 10.2 Å². The number of para-hydroxylation sites is 1. The molecule has 1 aliphatic rings. The Morgan fingerprint density at radius 1 is 1.17 bits per heavy atom. The summed E-state index contributed by atoms with van der Waals surface area (Å²) in [6.07, 6.45) is 1.03. The molecule has 1 aliphatic heterocycles. The smallest absolute Gasteiger partial charge is 0.220 e. The number of benzene rings is 2. The number of ether oxygens (including phenoxy) is 1. The first-order valence-corrected chi connectivity index (χ1v) is 10.7. The lowest BCUT2D eigenvalue weighted by molar-refractivity contribution is -0.121. The Balaban J connectivity index is 1.35. The molecule has 5 nitrogen and oxygen atoms in total. The minimum atomic E-state index is -0.255. The number of carbonyl (C=O) groups is 1. The first-order chi connectivity index (χ1) is 14.2. The van der Waals surface area contributed by atoms with E-state index in [1.165, 1.54) is 12.1 Å². The number of aromatic nitrogens is 1. The molecule has 29 heavy (non-hydrogen) atoms. The number of rotatable bonds is 7. The Bertz CT molecular complexity index is 921. The van der Waals surface area contributed by atoms with Gasteiger partial charge in [0.15, 0.2) is 0 Å².